The van der Waals surface area contributed by atoms with E-state index in [4.69, 9.17) is 11.6 Å². The largest absolute Gasteiger partial charge is 0.506 e. The van der Waals surface area contributed by atoms with E-state index in [1.54, 1.807) is 0 Å². The van der Waals surface area contributed by atoms with Gasteiger partial charge in [-0.05, 0) is 6.07 Å². The Labute approximate surface area is 101 Å². The lowest BCUT2D eigenvalue weighted by molar-refractivity contribution is -0.139. The van der Waals surface area contributed by atoms with Crippen molar-refractivity contribution in [2.24, 2.45) is 0 Å². The highest BCUT2D eigenvalue weighted by Gasteiger charge is 2.20. The summed E-state index contributed by atoms with van der Waals surface area (Å²) in [5, 5.41) is 9.53. The third-order valence-electron chi connectivity index (χ3n) is 2.06. The Morgan fingerprint density at radius 1 is 1.65 bits per heavy atom. The Morgan fingerprint density at radius 2 is 2.29 bits per heavy atom. The van der Waals surface area contributed by atoms with Crippen molar-refractivity contribution in [3.8, 4) is 5.75 Å². The Hall–Kier alpha value is -1.43. The minimum absolute atomic E-state index is 0.0257. The van der Waals surface area contributed by atoms with E-state index in [2.05, 4.69) is 9.72 Å². The number of methoxy groups -OCH3 is 1. The third-order valence-corrected chi connectivity index (χ3v) is 2.33. The lowest BCUT2D eigenvalue weighted by Crippen LogP contribution is -2.07. The van der Waals surface area contributed by atoms with Crippen LogP contribution in [-0.2, 0) is 21.8 Å². The molecule has 94 valence electrons. The molecule has 0 atom stereocenters. The molecular formula is C10H10ClF2NO3. The highest BCUT2D eigenvalue weighted by molar-refractivity contribution is 6.16. The first kappa shape index (κ1) is 13.6. The first-order chi connectivity index (χ1) is 7.99. The van der Waals surface area contributed by atoms with Crippen molar-refractivity contribution >= 4 is 17.6 Å². The summed E-state index contributed by atoms with van der Waals surface area (Å²) >= 11 is 5.49. The molecule has 0 saturated heterocycles. The van der Waals surface area contributed by atoms with Gasteiger partial charge in [-0.2, -0.15) is 0 Å². The second-order valence-corrected chi connectivity index (χ2v) is 3.46. The predicted octanol–water partition coefficient (Wildman–Crippen LogP) is 2.18. The number of alkyl halides is 3. The number of aromatic hydroxyl groups is 1. The van der Waals surface area contributed by atoms with Crippen LogP contribution >= 0.6 is 11.6 Å². The Bertz CT molecular complexity index is 426. The zero-order valence-corrected chi connectivity index (χ0v) is 9.67. The van der Waals surface area contributed by atoms with Crippen LogP contribution in [0.3, 0.4) is 0 Å². The summed E-state index contributed by atoms with van der Waals surface area (Å²) in [4.78, 5) is 14.5. The molecule has 0 aromatic carbocycles. The minimum atomic E-state index is -2.94. The molecular weight excluding hydrogens is 256 g/mol. The van der Waals surface area contributed by atoms with Crippen LogP contribution in [0.15, 0.2) is 6.07 Å². The van der Waals surface area contributed by atoms with E-state index in [0.717, 1.165) is 7.11 Å². The number of halogens is 3. The molecule has 7 heteroatoms. The van der Waals surface area contributed by atoms with Gasteiger partial charge in [0.25, 0.3) is 6.43 Å². The normalized spacial score (nSPS) is 10.6. The molecule has 0 aliphatic rings. The summed E-state index contributed by atoms with van der Waals surface area (Å²) in [5.41, 5.74) is -0.585. The Kier molecular flexibility index (Phi) is 4.62. The van der Waals surface area contributed by atoms with E-state index < -0.39 is 23.8 Å². The molecule has 4 nitrogen and oxygen atoms in total. The molecule has 17 heavy (non-hydrogen) atoms. The van der Waals surface area contributed by atoms with Crippen molar-refractivity contribution in [1.82, 2.24) is 4.98 Å². The first-order valence-electron chi connectivity index (χ1n) is 4.62. The number of hydrogen-bond acceptors (Lipinski definition) is 4. The van der Waals surface area contributed by atoms with Gasteiger partial charge in [0.1, 0.15) is 11.4 Å². The number of ether oxygens (including phenoxy) is 1. The van der Waals surface area contributed by atoms with Gasteiger partial charge in [-0.3, -0.25) is 4.79 Å². The molecule has 0 saturated carbocycles. The lowest BCUT2D eigenvalue weighted by atomic mass is 10.1. The van der Waals surface area contributed by atoms with E-state index >= 15 is 0 Å². The van der Waals surface area contributed by atoms with Gasteiger partial charge in [-0.1, -0.05) is 0 Å². The molecule has 0 aliphatic heterocycles. The molecule has 0 unspecified atom stereocenters. The van der Waals surface area contributed by atoms with Crippen LogP contribution in [0.2, 0.25) is 0 Å². The SMILES string of the molecule is COC(=O)Cc1cc(CCl)nc(C(F)F)c1O. The zero-order valence-electron chi connectivity index (χ0n) is 8.91. The summed E-state index contributed by atoms with van der Waals surface area (Å²) in [6, 6.07) is 1.30. The maximum atomic E-state index is 12.6. The molecule has 1 aromatic heterocycles. The average Bonchev–Trinajstić information content (AvgIpc) is 2.31. The fourth-order valence-electron chi connectivity index (χ4n) is 1.26. The summed E-state index contributed by atoms with van der Waals surface area (Å²) < 4.78 is 29.5. The highest BCUT2D eigenvalue weighted by Crippen LogP contribution is 2.30. The van der Waals surface area contributed by atoms with Gasteiger partial charge in [0, 0.05) is 5.56 Å². The maximum absolute atomic E-state index is 12.6. The Balaban J connectivity index is 3.19. The molecule has 1 heterocycles. The van der Waals surface area contributed by atoms with Gasteiger partial charge in [0.05, 0.1) is 25.1 Å². The fourth-order valence-corrected chi connectivity index (χ4v) is 1.39. The summed E-state index contributed by atoms with van der Waals surface area (Å²) in [6.07, 6.45) is -3.25. The predicted molar refractivity (Wildman–Crippen MR) is 56.1 cm³/mol. The van der Waals surface area contributed by atoms with Gasteiger partial charge in [0.2, 0.25) is 0 Å². The number of carbonyl (C=O) groups excluding carboxylic acids is 1. The second kappa shape index (κ2) is 5.77. The fraction of sp³-hybridized carbons (Fsp3) is 0.400. The van der Waals surface area contributed by atoms with Gasteiger partial charge in [0.15, 0.2) is 0 Å². The molecule has 1 rings (SSSR count). The van der Waals surface area contributed by atoms with Crippen molar-refractivity contribution in [2.45, 2.75) is 18.7 Å². The smallest absolute Gasteiger partial charge is 0.310 e. The molecule has 1 aromatic rings. The van der Waals surface area contributed by atoms with Crippen LogP contribution in [0, 0.1) is 0 Å². The number of hydrogen-bond donors (Lipinski definition) is 1. The number of nitrogens with zero attached hydrogens (tertiary/aromatic N) is 1. The van der Waals surface area contributed by atoms with Crippen molar-refractivity contribution in [3.63, 3.8) is 0 Å². The number of aromatic nitrogens is 1. The van der Waals surface area contributed by atoms with Gasteiger partial charge >= 0.3 is 5.97 Å². The van der Waals surface area contributed by atoms with Crippen molar-refractivity contribution in [1.29, 1.82) is 0 Å². The van der Waals surface area contributed by atoms with Crippen LogP contribution < -0.4 is 0 Å². The summed E-state index contributed by atoms with van der Waals surface area (Å²) in [5.74, 6) is -1.43. The molecule has 0 aliphatic carbocycles. The van der Waals surface area contributed by atoms with Crippen LogP contribution in [-0.4, -0.2) is 23.2 Å². The van der Waals surface area contributed by atoms with E-state index in [1.165, 1.54) is 6.07 Å². The topological polar surface area (TPSA) is 59.4 Å². The standard InChI is InChI=1S/C10H10ClF2NO3/c1-17-7(15)3-5-2-6(4-11)14-8(9(5)16)10(12)13/h2,10,16H,3-4H2,1H3. The molecule has 0 fully saturated rings. The number of esters is 1. The zero-order chi connectivity index (χ0) is 13.0. The Morgan fingerprint density at radius 3 is 2.76 bits per heavy atom. The lowest BCUT2D eigenvalue weighted by Gasteiger charge is -2.10. The van der Waals surface area contributed by atoms with E-state index in [9.17, 15) is 18.7 Å². The van der Waals surface area contributed by atoms with Crippen molar-refractivity contribution < 1.29 is 23.4 Å². The third kappa shape index (κ3) is 3.26. The van der Waals surface area contributed by atoms with Gasteiger partial charge in [-0.25, -0.2) is 13.8 Å². The van der Waals surface area contributed by atoms with Crippen molar-refractivity contribution in [2.75, 3.05) is 7.11 Å². The first-order valence-corrected chi connectivity index (χ1v) is 5.15. The highest BCUT2D eigenvalue weighted by atomic mass is 35.5. The van der Waals surface area contributed by atoms with Gasteiger partial charge < -0.3 is 9.84 Å². The van der Waals surface area contributed by atoms with Crippen LogP contribution in [0.5, 0.6) is 5.75 Å². The molecule has 0 radical (unpaired) electrons. The van der Waals surface area contributed by atoms with Crippen LogP contribution in [0.4, 0.5) is 8.78 Å². The molecule has 0 bridgehead atoms. The minimum Gasteiger partial charge on any atom is -0.506 e. The summed E-state index contributed by atoms with van der Waals surface area (Å²) in [7, 11) is 1.16. The van der Waals surface area contributed by atoms with E-state index in [-0.39, 0.29) is 23.6 Å². The van der Waals surface area contributed by atoms with Crippen LogP contribution in [0.25, 0.3) is 0 Å². The maximum Gasteiger partial charge on any atom is 0.310 e. The number of carbonyl (C=O) groups is 1. The molecule has 1 N–H and O–H groups in total. The number of rotatable bonds is 4. The van der Waals surface area contributed by atoms with Crippen molar-refractivity contribution in [3.05, 3.63) is 23.0 Å². The summed E-state index contributed by atoms with van der Waals surface area (Å²) in [6.45, 7) is 0. The van der Waals surface area contributed by atoms with Crippen LogP contribution in [0.1, 0.15) is 23.4 Å². The average molecular weight is 266 g/mol. The van der Waals surface area contributed by atoms with Gasteiger partial charge in [-0.15, -0.1) is 11.6 Å². The quantitative estimate of drug-likeness (QED) is 0.670. The van der Waals surface area contributed by atoms with E-state index in [0.29, 0.717) is 0 Å². The molecule has 0 spiro atoms. The monoisotopic (exact) mass is 265 g/mol. The molecule has 0 amide bonds. The number of pyridine rings is 1. The van der Waals surface area contributed by atoms with E-state index in [1.807, 2.05) is 0 Å². The second-order valence-electron chi connectivity index (χ2n) is 3.19.